The minimum Gasteiger partial charge on any atom is -0.334 e. The Balaban J connectivity index is 1.45. The predicted octanol–water partition coefficient (Wildman–Crippen LogP) is 4.53. The van der Waals surface area contributed by atoms with E-state index in [4.69, 9.17) is 5.26 Å². The molecular weight excluding hydrogens is 405 g/mol. The van der Waals surface area contributed by atoms with E-state index in [0.717, 1.165) is 31.2 Å². The second-order valence-electron chi connectivity index (χ2n) is 8.81. The van der Waals surface area contributed by atoms with Gasteiger partial charge in [-0.3, -0.25) is 4.79 Å². The van der Waals surface area contributed by atoms with Crippen LogP contribution in [0.4, 0.5) is 4.39 Å². The summed E-state index contributed by atoms with van der Waals surface area (Å²) >= 11 is 0. The van der Waals surface area contributed by atoms with Crippen molar-refractivity contribution in [2.75, 3.05) is 6.54 Å². The van der Waals surface area contributed by atoms with Gasteiger partial charge in [-0.2, -0.15) is 5.26 Å². The molecule has 2 N–H and O–H groups in total. The molecule has 1 fully saturated rings. The van der Waals surface area contributed by atoms with Crippen molar-refractivity contribution in [1.29, 1.82) is 5.26 Å². The zero-order valence-corrected chi connectivity index (χ0v) is 18.5. The van der Waals surface area contributed by atoms with Gasteiger partial charge in [-0.1, -0.05) is 12.1 Å². The number of hydrogen-bond donors (Lipinski definition) is 2. The largest absolute Gasteiger partial charge is 0.334 e. The molecule has 2 atom stereocenters. The normalized spacial score (nSPS) is 20.8. The number of nitriles is 1. The molecule has 1 aliphatic rings. The average molecular weight is 434 g/mol. The van der Waals surface area contributed by atoms with E-state index in [9.17, 15) is 9.18 Å². The molecule has 0 aliphatic heterocycles. The SMILES string of the molecule is CCN(C(=O)c1nc2cc(F)ccc2[nH]1)[C@H]1CCCC(C)(NCc2ccc(C#N)cc2)C1. The molecule has 1 heterocycles. The van der Waals surface area contributed by atoms with Crippen molar-refractivity contribution in [2.24, 2.45) is 0 Å². The van der Waals surface area contributed by atoms with Crippen molar-refractivity contribution in [3.8, 4) is 6.07 Å². The monoisotopic (exact) mass is 433 g/mol. The zero-order valence-electron chi connectivity index (χ0n) is 18.5. The summed E-state index contributed by atoms with van der Waals surface area (Å²) < 4.78 is 13.5. The number of imidazole rings is 1. The van der Waals surface area contributed by atoms with Crippen LogP contribution in [0, 0.1) is 17.1 Å². The smallest absolute Gasteiger partial charge is 0.289 e. The van der Waals surface area contributed by atoms with Gasteiger partial charge in [0.05, 0.1) is 22.7 Å². The molecule has 2 aromatic carbocycles. The molecule has 0 spiro atoms. The summed E-state index contributed by atoms with van der Waals surface area (Å²) in [6, 6.07) is 14.2. The third-order valence-corrected chi connectivity index (χ3v) is 6.44. The molecule has 1 saturated carbocycles. The zero-order chi connectivity index (χ0) is 22.7. The number of rotatable bonds is 6. The maximum Gasteiger partial charge on any atom is 0.289 e. The number of fused-ring (bicyclic) bond motifs is 1. The van der Waals surface area contributed by atoms with Crippen LogP contribution in [0.3, 0.4) is 0 Å². The summed E-state index contributed by atoms with van der Waals surface area (Å²) in [6.07, 6.45) is 3.85. The van der Waals surface area contributed by atoms with Gasteiger partial charge in [0.1, 0.15) is 5.82 Å². The van der Waals surface area contributed by atoms with Crippen LogP contribution < -0.4 is 5.32 Å². The molecule has 0 radical (unpaired) electrons. The molecule has 4 rings (SSSR count). The van der Waals surface area contributed by atoms with Gasteiger partial charge in [-0.25, -0.2) is 9.37 Å². The van der Waals surface area contributed by atoms with Crippen molar-refractivity contribution in [2.45, 2.75) is 57.7 Å². The molecule has 1 amide bonds. The Bertz CT molecular complexity index is 1150. The fourth-order valence-corrected chi connectivity index (χ4v) is 4.68. The highest BCUT2D eigenvalue weighted by atomic mass is 19.1. The molecule has 32 heavy (non-hydrogen) atoms. The molecule has 3 aromatic rings. The quantitative estimate of drug-likeness (QED) is 0.598. The first-order valence-electron chi connectivity index (χ1n) is 11.1. The second-order valence-corrected chi connectivity index (χ2v) is 8.81. The first-order chi connectivity index (χ1) is 15.4. The number of nitrogens with zero attached hydrogens (tertiary/aromatic N) is 3. The number of H-pyrrole nitrogens is 1. The highest BCUT2D eigenvalue weighted by Gasteiger charge is 2.36. The summed E-state index contributed by atoms with van der Waals surface area (Å²) in [7, 11) is 0. The number of aromatic nitrogens is 2. The molecule has 0 saturated heterocycles. The lowest BCUT2D eigenvalue weighted by atomic mass is 9.79. The lowest BCUT2D eigenvalue weighted by Gasteiger charge is -2.43. The van der Waals surface area contributed by atoms with Gasteiger partial charge in [-0.15, -0.1) is 0 Å². The first kappa shape index (κ1) is 22.0. The number of amides is 1. The average Bonchev–Trinajstić information content (AvgIpc) is 3.22. The van der Waals surface area contributed by atoms with E-state index < -0.39 is 0 Å². The lowest BCUT2D eigenvalue weighted by molar-refractivity contribution is 0.0564. The standard InChI is InChI=1S/C25H28FN5O/c1-3-31(24(32)23-29-21-11-10-19(26)13-22(21)30-23)20-5-4-12-25(2,14-20)28-16-18-8-6-17(15-27)7-9-18/h6-11,13,20,28H,3-5,12,14,16H2,1-2H3,(H,29,30)/t20-,25?/m0/s1. The summed E-state index contributed by atoms with van der Waals surface area (Å²) in [4.78, 5) is 22.5. The van der Waals surface area contributed by atoms with E-state index in [1.165, 1.54) is 12.1 Å². The number of carbonyl (C=O) groups excluding carboxylic acids is 1. The first-order valence-corrected chi connectivity index (χ1v) is 11.1. The van der Waals surface area contributed by atoms with Gasteiger partial charge >= 0.3 is 0 Å². The molecule has 7 heteroatoms. The Morgan fingerprint density at radius 1 is 1.34 bits per heavy atom. The number of benzene rings is 2. The summed E-state index contributed by atoms with van der Waals surface area (Å²) in [6.45, 7) is 5.49. The maximum absolute atomic E-state index is 13.5. The van der Waals surface area contributed by atoms with Gasteiger partial charge in [-0.05, 0) is 69.4 Å². The Labute approximate surface area is 187 Å². The van der Waals surface area contributed by atoms with Crippen LogP contribution in [-0.4, -0.2) is 38.9 Å². The fourth-order valence-electron chi connectivity index (χ4n) is 4.68. The molecule has 1 unspecified atom stereocenters. The van der Waals surface area contributed by atoms with Crippen LogP contribution in [0.25, 0.3) is 11.0 Å². The molecular formula is C25H28FN5O. The molecule has 0 bridgehead atoms. The third kappa shape index (κ3) is 4.66. The Morgan fingerprint density at radius 2 is 2.12 bits per heavy atom. The highest BCUT2D eigenvalue weighted by molar-refractivity contribution is 5.94. The number of aromatic amines is 1. The Hall–Kier alpha value is -3.24. The van der Waals surface area contributed by atoms with Crippen LogP contribution in [0.5, 0.6) is 0 Å². The van der Waals surface area contributed by atoms with Crippen LogP contribution in [-0.2, 0) is 6.54 Å². The second kappa shape index (κ2) is 9.09. The van der Waals surface area contributed by atoms with Gasteiger partial charge in [0.2, 0.25) is 0 Å². The highest BCUT2D eigenvalue weighted by Crippen LogP contribution is 2.32. The van der Waals surface area contributed by atoms with E-state index in [0.29, 0.717) is 29.7 Å². The van der Waals surface area contributed by atoms with Crippen molar-refractivity contribution >= 4 is 16.9 Å². The number of hydrogen-bond acceptors (Lipinski definition) is 4. The molecule has 6 nitrogen and oxygen atoms in total. The predicted molar refractivity (Wildman–Crippen MR) is 121 cm³/mol. The van der Waals surface area contributed by atoms with Crippen LogP contribution >= 0.6 is 0 Å². The molecule has 1 aromatic heterocycles. The topological polar surface area (TPSA) is 84.8 Å². The van der Waals surface area contributed by atoms with Gasteiger partial charge < -0.3 is 15.2 Å². The van der Waals surface area contributed by atoms with Crippen LogP contribution in [0.2, 0.25) is 0 Å². The van der Waals surface area contributed by atoms with Gasteiger partial charge in [0.15, 0.2) is 5.82 Å². The molecule has 1 aliphatic carbocycles. The Morgan fingerprint density at radius 3 is 2.84 bits per heavy atom. The third-order valence-electron chi connectivity index (χ3n) is 6.44. The van der Waals surface area contributed by atoms with Crippen LogP contribution in [0.1, 0.15) is 61.3 Å². The van der Waals surface area contributed by atoms with Gasteiger partial charge in [0, 0.05) is 30.7 Å². The van der Waals surface area contributed by atoms with E-state index in [2.05, 4.69) is 28.3 Å². The minimum atomic E-state index is -0.369. The van der Waals surface area contributed by atoms with E-state index in [1.54, 1.807) is 6.07 Å². The summed E-state index contributed by atoms with van der Waals surface area (Å²) in [5.41, 5.74) is 2.81. The van der Waals surface area contributed by atoms with Gasteiger partial charge in [0.25, 0.3) is 5.91 Å². The van der Waals surface area contributed by atoms with E-state index in [-0.39, 0.29) is 29.1 Å². The van der Waals surface area contributed by atoms with E-state index >= 15 is 0 Å². The number of halogens is 1. The van der Waals surface area contributed by atoms with Crippen LogP contribution in [0.15, 0.2) is 42.5 Å². The fraction of sp³-hybridized carbons (Fsp3) is 0.400. The summed E-state index contributed by atoms with van der Waals surface area (Å²) in [5, 5.41) is 12.6. The van der Waals surface area contributed by atoms with Crippen molar-refractivity contribution in [3.63, 3.8) is 0 Å². The van der Waals surface area contributed by atoms with E-state index in [1.807, 2.05) is 36.1 Å². The van der Waals surface area contributed by atoms with Crippen molar-refractivity contribution in [3.05, 3.63) is 65.2 Å². The lowest BCUT2D eigenvalue weighted by Crippen LogP contribution is -2.52. The van der Waals surface area contributed by atoms with Crippen molar-refractivity contribution < 1.29 is 9.18 Å². The maximum atomic E-state index is 13.5. The minimum absolute atomic E-state index is 0.0957. The number of nitrogens with one attached hydrogen (secondary N) is 2. The van der Waals surface area contributed by atoms with Crippen molar-refractivity contribution in [1.82, 2.24) is 20.2 Å². The summed E-state index contributed by atoms with van der Waals surface area (Å²) in [5.74, 6) is -0.262. The number of carbonyl (C=O) groups is 1. The Kier molecular flexibility index (Phi) is 6.24. The molecule has 166 valence electrons.